The van der Waals surface area contributed by atoms with Crippen LogP contribution in [-0.4, -0.2) is 53.4 Å². The lowest BCUT2D eigenvalue weighted by Crippen LogP contribution is -2.39. The van der Waals surface area contributed by atoms with Crippen molar-refractivity contribution in [1.29, 1.82) is 0 Å². The summed E-state index contributed by atoms with van der Waals surface area (Å²) in [6.45, 7) is 19.8. The van der Waals surface area contributed by atoms with E-state index in [1.807, 2.05) is 49.4 Å². The van der Waals surface area contributed by atoms with Gasteiger partial charge in [-0.05, 0) is 88.8 Å². The average Bonchev–Trinajstić information content (AvgIpc) is 3.33. The highest BCUT2D eigenvalue weighted by Crippen LogP contribution is 2.41. The van der Waals surface area contributed by atoms with Crippen LogP contribution < -0.4 is 26.4 Å². The Hall–Kier alpha value is -5.00. The number of thiophene rings is 1. The van der Waals surface area contributed by atoms with Gasteiger partial charge >= 0.3 is 0 Å². The highest BCUT2D eigenvalue weighted by molar-refractivity contribution is 7.17. The number of benzene rings is 2. The summed E-state index contributed by atoms with van der Waals surface area (Å²) in [5.74, 6) is 0.617. The maximum atomic E-state index is 13.4. The molecule has 4 aromatic rings. The van der Waals surface area contributed by atoms with Crippen molar-refractivity contribution in [3.8, 4) is 0 Å². The monoisotopic (exact) mass is 750 g/mol. The number of rotatable bonds is 12. The van der Waals surface area contributed by atoms with Crippen LogP contribution in [0.4, 0.5) is 10.7 Å². The van der Waals surface area contributed by atoms with Gasteiger partial charge in [0.1, 0.15) is 16.9 Å². The number of carbonyl (C=O) groups is 1. The fourth-order valence-corrected chi connectivity index (χ4v) is 8.28. The molecule has 53 heavy (non-hydrogen) atoms. The first-order valence-corrected chi connectivity index (χ1v) is 19.2. The number of nitrogens with one attached hydrogen (secondary N) is 3. The van der Waals surface area contributed by atoms with E-state index in [1.54, 1.807) is 24.6 Å². The minimum atomic E-state index is -0.505. The van der Waals surface area contributed by atoms with Crippen molar-refractivity contribution < 1.29 is 4.79 Å². The van der Waals surface area contributed by atoms with Crippen molar-refractivity contribution in [2.45, 2.75) is 71.4 Å². The second kappa shape index (κ2) is 16.3. The summed E-state index contributed by atoms with van der Waals surface area (Å²) < 4.78 is 1.52. The number of aliphatic imine (C=N–C) groups is 2. The van der Waals surface area contributed by atoms with Gasteiger partial charge in [0.05, 0.1) is 29.8 Å². The van der Waals surface area contributed by atoms with Crippen LogP contribution in [0, 0.1) is 13.8 Å². The van der Waals surface area contributed by atoms with Gasteiger partial charge in [0.15, 0.2) is 0 Å². The molecule has 2 aliphatic rings. The first-order chi connectivity index (χ1) is 25.5. The van der Waals surface area contributed by atoms with Crippen molar-refractivity contribution in [3.63, 3.8) is 0 Å². The number of nitrogens with zero attached hydrogens (tertiary/aromatic N) is 5. The third kappa shape index (κ3) is 8.16. The Morgan fingerprint density at radius 2 is 1.87 bits per heavy atom. The Kier molecular flexibility index (Phi) is 11.6. The molecule has 1 saturated heterocycles. The molecule has 2 aliphatic heterocycles. The number of fused-ring (bicyclic) bond motifs is 2. The maximum Gasteiger partial charge on any atom is 0.275 e. The second-order valence-corrected chi connectivity index (χ2v) is 15.3. The second-order valence-electron chi connectivity index (χ2n) is 13.7. The normalized spacial score (nSPS) is 18.0. The van der Waals surface area contributed by atoms with Gasteiger partial charge in [-0.25, -0.2) is 4.68 Å². The molecule has 276 valence electrons. The molecule has 1 amide bonds. The highest BCUT2D eigenvalue weighted by Gasteiger charge is 2.35. The summed E-state index contributed by atoms with van der Waals surface area (Å²) in [7, 11) is 1.75. The van der Waals surface area contributed by atoms with Crippen LogP contribution in [0.25, 0.3) is 10.8 Å². The lowest BCUT2D eigenvalue weighted by molar-refractivity contribution is -0.121. The number of hydrogen-bond acceptors (Lipinski definition) is 8. The number of halogens is 1. The highest BCUT2D eigenvalue weighted by atomic mass is 35.5. The van der Waals surface area contributed by atoms with Crippen molar-refractivity contribution in [2.75, 3.05) is 30.4 Å². The number of aromatic nitrogens is 2. The van der Waals surface area contributed by atoms with Gasteiger partial charge in [0.25, 0.3) is 5.56 Å². The fraction of sp³-hybridized carbons (Fsp3) is 0.341. The van der Waals surface area contributed by atoms with Crippen molar-refractivity contribution >= 4 is 61.9 Å². The molecule has 2 unspecified atom stereocenters. The van der Waals surface area contributed by atoms with Crippen LogP contribution in [0.3, 0.4) is 0 Å². The third-order valence-corrected chi connectivity index (χ3v) is 11.2. The molecule has 0 saturated carbocycles. The Morgan fingerprint density at radius 1 is 1.11 bits per heavy atom. The zero-order valence-corrected chi connectivity index (χ0v) is 32.5. The van der Waals surface area contributed by atoms with Crippen LogP contribution in [0.5, 0.6) is 0 Å². The predicted molar refractivity (Wildman–Crippen MR) is 221 cm³/mol. The van der Waals surface area contributed by atoms with Crippen molar-refractivity contribution in [2.24, 2.45) is 9.98 Å². The lowest BCUT2D eigenvalue weighted by atomic mass is 9.99. The molecule has 2 aromatic heterocycles. The van der Waals surface area contributed by atoms with Gasteiger partial charge in [-0.3, -0.25) is 24.5 Å². The molecule has 1 fully saturated rings. The van der Waals surface area contributed by atoms with E-state index in [2.05, 4.69) is 64.5 Å². The molecule has 6 rings (SSSR count). The Bertz CT molecular complexity index is 2200. The minimum Gasteiger partial charge on any atom is -0.385 e. The van der Waals surface area contributed by atoms with Crippen LogP contribution in [-0.2, 0) is 4.79 Å². The first kappa shape index (κ1) is 37.7. The molecule has 2 atom stereocenters. The molecule has 4 heterocycles. The van der Waals surface area contributed by atoms with E-state index in [4.69, 9.17) is 16.6 Å². The van der Waals surface area contributed by atoms with Crippen LogP contribution in [0.2, 0.25) is 5.02 Å². The van der Waals surface area contributed by atoms with E-state index in [1.165, 1.54) is 9.56 Å². The predicted octanol–water partition coefficient (Wildman–Crippen LogP) is 8.06. The summed E-state index contributed by atoms with van der Waals surface area (Å²) in [6, 6.07) is 12.7. The van der Waals surface area contributed by atoms with E-state index in [0.29, 0.717) is 22.8 Å². The van der Waals surface area contributed by atoms with Gasteiger partial charge in [-0.2, -0.15) is 5.10 Å². The lowest BCUT2D eigenvalue weighted by Gasteiger charge is -2.28. The molecule has 0 spiro atoms. The maximum absolute atomic E-state index is 13.4. The third-order valence-electron chi connectivity index (χ3n) is 9.80. The Morgan fingerprint density at radius 3 is 2.58 bits per heavy atom. The topological polar surface area (TPSA) is 116 Å². The summed E-state index contributed by atoms with van der Waals surface area (Å²) in [6.07, 6.45) is 6.12. The number of aryl methyl sites for hydroxylation is 1. The fourth-order valence-electron chi connectivity index (χ4n) is 6.92. The van der Waals surface area contributed by atoms with Gasteiger partial charge in [-0.15, -0.1) is 11.3 Å². The molecule has 0 radical (unpaired) electrons. The van der Waals surface area contributed by atoms with Gasteiger partial charge in [0.2, 0.25) is 5.91 Å². The van der Waals surface area contributed by atoms with E-state index in [0.717, 1.165) is 94.2 Å². The van der Waals surface area contributed by atoms with Crippen molar-refractivity contribution in [1.82, 2.24) is 20.4 Å². The van der Waals surface area contributed by atoms with Gasteiger partial charge < -0.3 is 16.0 Å². The molecule has 0 aliphatic carbocycles. The number of amidine groups is 1. The number of amides is 1. The first-order valence-electron chi connectivity index (χ1n) is 18.0. The SMILES string of the molecule is C=C1CCC(n2ncc3cc(NCCCCCNC(=O)CC4N=C(c5ccc(Cl)cc5)c5c(sc(C)c5C)N(C(=C)C)C4=NC)ccc3c2=O)C(=C)N1. The van der Waals surface area contributed by atoms with E-state index >= 15 is 0 Å². The van der Waals surface area contributed by atoms with E-state index in [9.17, 15) is 9.59 Å². The zero-order chi connectivity index (χ0) is 37.8. The van der Waals surface area contributed by atoms with Crippen LogP contribution >= 0.6 is 22.9 Å². The smallest absolute Gasteiger partial charge is 0.275 e. The standard InChI is InChI=1S/C41H47ClN8O2S/c1-24(2)49-39(43-7)34(48-38(29-12-14-31(42)15-13-29)37-26(4)28(6)53-41(37)49)22-36(51)45-20-10-8-9-19-44-32-16-17-33-30(21-32)23-46-50(40(33)52)35-18-11-25(3)47-27(35)5/h12-17,21,23,34-35,44,47H,1,3,5,8-11,18-20,22H2,2,4,6-7H3,(H,45,51). The summed E-state index contributed by atoms with van der Waals surface area (Å²) in [5.41, 5.74) is 7.20. The quantitative estimate of drug-likeness (QED) is 0.126. The van der Waals surface area contributed by atoms with Crippen LogP contribution in [0.1, 0.15) is 73.1 Å². The Labute approximate surface area is 320 Å². The van der Waals surface area contributed by atoms with E-state index in [-0.39, 0.29) is 23.9 Å². The summed E-state index contributed by atoms with van der Waals surface area (Å²) >= 11 is 7.93. The average molecular weight is 751 g/mol. The number of unbranched alkanes of at least 4 members (excludes halogenated alkanes) is 2. The van der Waals surface area contributed by atoms with Crippen molar-refractivity contribution in [3.05, 3.63) is 122 Å². The zero-order valence-electron chi connectivity index (χ0n) is 30.9. The molecular formula is C41H47ClN8O2S. The number of hydrogen-bond donors (Lipinski definition) is 3. The largest absolute Gasteiger partial charge is 0.385 e. The molecule has 3 N–H and O–H groups in total. The van der Waals surface area contributed by atoms with Gasteiger partial charge in [0, 0.05) is 69.3 Å². The minimum absolute atomic E-state index is 0.0772. The Balaban J connectivity index is 1.03. The molecule has 2 aromatic carbocycles. The van der Waals surface area contributed by atoms with Gasteiger partial charge in [-0.1, -0.05) is 43.5 Å². The number of piperidine rings is 1. The number of carbonyl (C=O) groups excluding carboxylic acids is 1. The molecular weight excluding hydrogens is 704 g/mol. The molecule has 0 bridgehead atoms. The number of allylic oxidation sites excluding steroid dienone is 3. The molecule has 10 nitrogen and oxygen atoms in total. The number of anilines is 2. The molecule has 12 heteroatoms. The summed E-state index contributed by atoms with van der Waals surface area (Å²) in [4.78, 5) is 39.8. The summed E-state index contributed by atoms with van der Waals surface area (Å²) in [5, 5.41) is 17.3. The van der Waals surface area contributed by atoms with Crippen LogP contribution in [0.15, 0.2) is 100 Å². The van der Waals surface area contributed by atoms with E-state index < -0.39 is 6.04 Å².